The van der Waals surface area contributed by atoms with Gasteiger partial charge < -0.3 is 25.0 Å². The molecular formula is C31H35Cl2N5O5. The lowest BCUT2D eigenvalue weighted by Gasteiger charge is -2.34. The summed E-state index contributed by atoms with van der Waals surface area (Å²) in [6.07, 6.45) is 7.12. The van der Waals surface area contributed by atoms with Crippen LogP contribution in [0.3, 0.4) is 0 Å². The maximum Gasteiger partial charge on any atom is 0.311 e. The minimum absolute atomic E-state index is 0.0111. The lowest BCUT2D eigenvalue weighted by molar-refractivity contribution is -0.145. The quantitative estimate of drug-likeness (QED) is 0.245. The van der Waals surface area contributed by atoms with E-state index in [2.05, 4.69) is 44.5 Å². The molecule has 12 heteroatoms. The van der Waals surface area contributed by atoms with E-state index >= 15 is 0 Å². The number of likely N-dealkylation sites (tertiary alicyclic amines) is 1. The van der Waals surface area contributed by atoms with Gasteiger partial charge in [0.25, 0.3) is 11.8 Å². The van der Waals surface area contributed by atoms with Crippen LogP contribution in [0, 0.1) is 23.7 Å². The number of epoxide rings is 1. The van der Waals surface area contributed by atoms with E-state index in [9.17, 15) is 14.4 Å². The first-order valence-electron chi connectivity index (χ1n) is 14.9. The van der Waals surface area contributed by atoms with Crippen molar-refractivity contribution in [2.75, 3.05) is 25.0 Å². The van der Waals surface area contributed by atoms with Crippen LogP contribution >= 0.6 is 23.2 Å². The molecule has 0 spiro atoms. The number of ether oxygens (including phenoxy) is 2. The predicted octanol–water partition coefficient (Wildman–Crippen LogP) is 4.45. The number of halogens is 2. The fourth-order valence-corrected chi connectivity index (χ4v) is 7.13. The number of H-pyrrole nitrogens is 1. The number of rotatable bonds is 6. The Balaban J connectivity index is 1.03. The van der Waals surface area contributed by atoms with E-state index in [0.717, 1.165) is 51.6 Å². The molecule has 2 aromatic rings. The highest BCUT2D eigenvalue weighted by atomic mass is 35.5. The number of amides is 2. The average Bonchev–Trinajstić information content (AvgIpc) is 3.26. The van der Waals surface area contributed by atoms with E-state index in [4.69, 9.17) is 32.7 Å². The Morgan fingerprint density at radius 3 is 2.70 bits per heavy atom. The molecule has 6 rings (SSSR count). The molecular weight excluding hydrogens is 593 g/mol. The van der Waals surface area contributed by atoms with Gasteiger partial charge >= 0.3 is 5.97 Å². The summed E-state index contributed by atoms with van der Waals surface area (Å²) in [5.41, 5.74) is 0.277. The lowest BCUT2D eigenvalue weighted by Crippen LogP contribution is -2.47. The molecule has 4 aliphatic rings. The van der Waals surface area contributed by atoms with Crippen molar-refractivity contribution in [1.29, 1.82) is 0 Å². The molecule has 1 aromatic heterocycles. The van der Waals surface area contributed by atoms with Gasteiger partial charge in [-0.25, -0.2) is 0 Å². The Labute approximate surface area is 260 Å². The van der Waals surface area contributed by atoms with Crippen LogP contribution in [-0.2, 0) is 14.3 Å². The number of esters is 1. The molecule has 228 valence electrons. The van der Waals surface area contributed by atoms with Crippen molar-refractivity contribution in [3.8, 4) is 11.8 Å². The molecule has 2 amide bonds. The molecule has 1 aliphatic carbocycles. The van der Waals surface area contributed by atoms with E-state index in [1.165, 1.54) is 6.20 Å². The van der Waals surface area contributed by atoms with Gasteiger partial charge in [0.1, 0.15) is 17.9 Å². The highest BCUT2D eigenvalue weighted by Gasteiger charge is 2.62. The minimum Gasteiger partial charge on any atom is -0.459 e. The van der Waals surface area contributed by atoms with Crippen LogP contribution in [0.1, 0.15) is 72.7 Å². The zero-order valence-corrected chi connectivity index (χ0v) is 25.5. The zero-order valence-electron chi connectivity index (χ0n) is 24.0. The molecule has 43 heavy (non-hydrogen) atoms. The van der Waals surface area contributed by atoms with Crippen molar-refractivity contribution in [2.24, 2.45) is 11.8 Å². The Morgan fingerprint density at radius 2 is 1.93 bits per heavy atom. The van der Waals surface area contributed by atoms with Gasteiger partial charge in [0.15, 0.2) is 0 Å². The third-order valence-corrected chi connectivity index (χ3v) is 9.73. The van der Waals surface area contributed by atoms with Gasteiger partial charge in [-0.1, -0.05) is 29.3 Å². The van der Waals surface area contributed by atoms with Crippen molar-refractivity contribution in [1.82, 2.24) is 20.4 Å². The Hall–Kier alpha value is -3.10. The zero-order chi connectivity index (χ0) is 30.1. The highest BCUT2D eigenvalue weighted by molar-refractivity contribution is 6.40. The molecule has 3 N–H and O–H groups in total. The van der Waals surface area contributed by atoms with Gasteiger partial charge in [0.05, 0.1) is 39.0 Å². The van der Waals surface area contributed by atoms with E-state index < -0.39 is 5.91 Å². The average molecular weight is 629 g/mol. The smallest absolute Gasteiger partial charge is 0.311 e. The molecule has 1 aromatic carbocycles. The van der Waals surface area contributed by atoms with Gasteiger partial charge in [-0.15, -0.1) is 11.8 Å². The van der Waals surface area contributed by atoms with E-state index in [-0.39, 0.29) is 74.6 Å². The second-order valence-electron chi connectivity index (χ2n) is 12.0. The summed E-state index contributed by atoms with van der Waals surface area (Å²) in [5.74, 6) is 5.29. The summed E-state index contributed by atoms with van der Waals surface area (Å²) in [7, 11) is 0. The summed E-state index contributed by atoms with van der Waals surface area (Å²) >= 11 is 12.3. The lowest BCUT2D eigenvalue weighted by atomic mass is 9.83. The van der Waals surface area contributed by atoms with Gasteiger partial charge in [0, 0.05) is 44.4 Å². The van der Waals surface area contributed by atoms with E-state index in [0.29, 0.717) is 13.0 Å². The molecule has 3 aliphatic heterocycles. The van der Waals surface area contributed by atoms with Gasteiger partial charge in [-0.05, 0) is 51.2 Å². The Bertz CT molecular complexity index is 1440. The van der Waals surface area contributed by atoms with Crippen LogP contribution in [0.2, 0.25) is 10.0 Å². The summed E-state index contributed by atoms with van der Waals surface area (Å²) < 4.78 is 12.0. The molecule has 1 unspecified atom stereocenters. The molecule has 10 nitrogen and oxygen atoms in total. The van der Waals surface area contributed by atoms with E-state index in [1.54, 1.807) is 18.2 Å². The topological polar surface area (TPSA) is 129 Å². The maximum atomic E-state index is 13.1. The minimum atomic E-state index is -0.540. The third kappa shape index (κ3) is 6.41. The number of anilines is 1. The highest BCUT2D eigenvalue weighted by Crippen LogP contribution is 2.49. The second-order valence-corrected chi connectivity index (χ2v) is 12.9. The largest absolute Gasteiger partial charge is 0.459 e. The number of nitrogens with zero attached hydrogens (tertiary/aromatic N) is 2. The predicted molar refractivity (Wildman–Crippen MR) is 161 cm³/mol. The number of piperidine rings is 1. The van der Waals surface area contributed by atoms with Crippen LogP contribution in [0.25, 0.3) is 0 Å². The standard InChI is InChI=1S/C31H35Cl2N5O5/c1-31-13-6-4-2-3-5-8-19-20(30(41)42-26(19)27(31)43-31)17-38-14-11-18(12-15-38)35-29(40)25-23(16-34-37-25)36-28(39)24-21(32)9-7-10-22(24)33/h7,9-10,16,18-20,26-27H,2,4,6,8,11-15,17H2,1H3,(H,34,37)(H,35,40)(H,36,39)/t19-,20?,26-,27+,31+/m0/s1. The number of carbonyl (C=O) groups excluding carboxylic acids is 3. The Morgan fingerprint density at radius 1 is 1.16 bits per heavy atom. The van der Waals surface area contributed by atoms with Crippen LogP contribution in [0.5, 0.6) is 0 Å². The number of aromatic amines is 1. The molecule has 0 bridgehead atoms. The molecule has 5 atom stereocenters. The van der Waals surface area contributed by atoms with E-state index in [1.807, 2.05) is 0 Å². The summed E-state index contributed by atoms with van der Waals surface area (Å²) in [5, 5.41) is 12.7. The van der Waals surface area contributed by atoms with Gasteiger partial charge in [-0.3, -0.25) is 19.5 Å². The fraction of sp³-hybridized carbons (Fsp3) is 0.548. The van der Waals surface area contributed by atoms with Crippen molar-refractivity contribution < 1.29 is 23.9 Å². The number of fused-ring (bicyclic) bond motifs is 3. The normalized spacial score (nSPS) is 29.2. The van der Waals surface area contributed by atoms with Crippen molar-refractivity contribution in [3.63, 3.8) is 0 Å². The third-order valence-electron chi connectivity index (χ3n) is 9.10. The number of hydrogen-bond acceptors (Lipinski definition) is 7. The fourth-order valence-electron chi connectivity index (χ4n) is 6.56. The Kier molecular flexibility index (Phi) is 8.70. The second kappa shape index (κ2) is 12.5. The summed E-state index contributed by atoms with van der Waals surface area (Å²) in [6.45, 7) is 4.19. The monoisotopic (exact) mass is 627 g/mol. The van der Waals surface area contributed by atoms with Crippen LogP contribution in [-0.4, -0.2) is 76.4 Å². The number of hydrogen-bond donors (Lipinski definition) is 3. The number of aromatic nitrogens is 2. The number of carbonyl (C=O) groups is 3. The summed E-state index contributed by atoms with van der Waals surface area (Å²) in [4.78, 5) is 41.3. The van der Waals surface area contributed by atoms with Crippen LogP contribution < -0.4 is 10.6 Å². The van der Waals surface area contributed by atoms with Gasteiger partial charge in [0.2, 0.25) is 0 Å². The molecule has 0 radical (unpaired) electrons. The molecule has 4 heterocycles. The van der Waals surface area contributed by atoms with Gasteiger partial charge in [-0.2, -0.15) is 5.10 Å². The van der Waals surface area contributed by atoms with Crippen molar-refractivity contribution in [3.05, 3.63) is 45.7 Å². The number of benzene rings is 1. The first-order chi connectivity index (χ1) is 20.7. The number of nitrogens with one attached hydrogen (secondary N) is 3. The summed E-state index contributed by atoms with van der Waals surface area (Å²) in [6, 6.07) is 4.71. The first-order valence-corrected chi connectivity index (χ1v) is 15.6. The molecule has 3 fully saturated rings. The first kappa shape index (κ1) is 29.9. The molecule has 0 saturated carbocycles. The van der Waals surface area contributed by atoms with Crippen molar-refractivity contribution >= 4 is 46.7 Å². The maximum absolute atomic E-state index is 13.1. The van der Waals surface area contributed by atoms with Crippen LogP contribution in [0.4, 0.5) is 5.69 Å². The van der Waals surface area contributed by atoms with Crippen LogP contribution in [0.15, 0.2) is 24.4 Å². The van der Waals surface area contributed by atoms with Crippen molar-refractivity contribution in [2.45, 2.75) is 75.7 Å². The molecule has 3 saturated heterocycles. The SMILES string of the molecule is C[C@@]12CCCCC#CC[C@H]3C(CN4CCC(NC(=O)c5[nH]ncc5NC(=O)c5c(Cl)cccc5Cl)CC4)C(=O)O[C@@H]3[C@H]1O2.